The molecular formula is C23H24OSi. The fourth-order valence-corrected chi connectivity index (χ4v) is 4.68. The summed E-state index contributed by atoms with van der Waals surface area (Å²) in [5, 5.41) is 1.30. The third-order valence-electron chi connectivity index (χ3n) is 4.26. The Hall–Kier alpha value is -2.58. The zero-order chi connectivity index (χ0) is 17.5. The molecule has 25 heavy (non-hydrogen) atoms. The summed E-state index contributed by atoms with van der Waals surface area (Å²) in [5.74, 6) is 0.977. The molecule has 3 rings (SSSR count). The summed E-state index contributed by atoms with van der Waals surface area (Å²) in [4.78, 5) is 0. The van der Waals surface area contributed by atoms with Crippen LogP contribution < -0.4 is 5.19 Å². The highest BCUT2D eigenvalue weighted by Crippen LogP contribution is 2.22. The first-order valence-corrected chi connectivity index (χ1v) is 11.6. The largest absolute Gasteiger partial charge is 0.539 e. The second kappa shape index (κ2) is 7.99. The first-order valence-electron chi connectivity index (χ1n) is 8.69. The fraction of sp³-hybridized carbons (Fsp3) is 0.130. The van der Waals surface area contributed by atoms with E-state index < -0.39 is 8.32 Å². The molecule has 0 amide bonds. The van der Waals surface area contributed by atoms with E-state index in [4.69, 9.17) is 4.43 Å². The Morgan fingerprint density at radius 2 is 1.28 bits per heavy atom. The van der Waals surface area contributed by atoms with Gasteiger partial charge in [-0.25, -0.2) is 0 Å². The van der Waals surface area contributed by atoms with E-state index in [1.54, 1.807) is 0 Å². The molecule has 0 aliphatic rings. The maximum absolute atomic E-state index is 6.63. The Kier molecular flexibility index (Phi) is 5.52. The number of hydrogen-bond donors (Lipinski definition) is 0. The Morgan fingerprint density at radius 3 is 1.88 bits per heavy atom. The molecule has 3 aromatic carbocycles. The molecule has 0 aliphatic carbocycles. The van der Waals surface area contributed by atoms with E-state index in [0.717, 1.165) is 17.7 Å². The lowest BCUT2D eigenvalue weighted by Crippen LogP contribution is -2.44. The van der Waals surface area contributed by atoms with Crippen molar-refractivity contribution in [1.29, 1.82) is 0 Å². The zero-order valence-corrected chi connectivity index (χ0v) is 15.9. The van der Waals surface area contributed by atoms with Gasteiger partial charge in [-0.2, -0.15) is 0 Å². The predicted molar refractivity (Wildman–Crippen MR) is 109 cm³/mol. The lowest BCUT2D eigenvalue weighted by Gasteiger charge is -2.27. The van der Waals surface area contributed by atoms with E-state index in [-0.39, 0.29) is 0 Å². The van der Waals surface area contributed by atoms with Crippen LogP contribution >= 0.6 is 0 Å². The second-order valence-corrected chi connectivity index (χ2v) is 10.4. The molecule has 0 unspecified atom stereocenters. The normalized spacial score (nSPS) is 12.0. The van der Waals surface area contributed by atoms with E-state index >= 15 is 0 Å². The van der Waals surface area contributed by atoms with E-state index in [1.807, 2.05) is 12.1 Å². The quantitative estimate of drug-likeness (QED) is 0.430. The first-order chi connectivity index (χ1) is 12.1. The molecule has 1 nitrogen and oxygen atoms in total. The topological polar surface area (TPSA) is 9.23 Å². The van der Waals surface area contributed by atoms with Crippen molar-refractivity contribution >= 4 is 19.3 Å². The van der Waals surface area contributed by atoms with Gasteiger partial charge >= 0.3 is 0 Å². The highest BCUT2D eigenvalue weighted by atomic mass is 28.4. The summed E-state index contributed by atoms with van der Waals surface area (Å²) in [6.45, 7) is 4.50. The first kappa shape index (κ1) is 17.2. The average Bonchev–Trinajstić information content (AvgIpc) is 2.67. The van der Waals surface area contributed by atoms with E-state index in [0.29, 0.717) is 0 Å². The molecule has 0 radical (unpaired) electrons. The molecule has 0 fully saturated rings. The minimum atomic E-state index is -2.03. The Balaban J connectivity index is 1.89. The summed E-state index contributed by atoms with van der Waals surface area (Å²) >= 11 is 0. The fourth-order valence-electron chi connectivity index (χ4n) is 2.82. The number of rotatable bonds is 6. The van der Waals surface area contributed by atoms with Gasteiger partial charge in [-0.05, 0) is 36.3 Å². The molecule has 2 heteroatoms. The molecule has 0 spiro atoms. The van der Waals surface area contributed by atoms with Crippen LogP contribution in [0.25, 0.3) is 5.76 Å². The van der Waals surface area contributed by atoms with Crippen LogP contribution in [-0.4, -0.2) is 8.32 Å². The van der Waals surface area contributed by atoms with Crippen molar-refractivity contribution in [1.82, 2.24) is 0 Å². The molecule has 3 aromatic rings. The second-order valence-electron chi connectivity index (χ2n) is 6.60. The van der Waals surface area contributed by atoms with Gasteiger partial charge in [0.05, 0.1) is 0 Å². The average molecular weight is 345 g/mol. The maximum atomic E-state index is 6.63. The Morgan fingerprint density at radius 1 is 0.760 bits per heavy atom. The molecule has 0 bridgehead atoms. The van der Waals surface area contributed by atoms with Gasteiger partial charge in [-0.15, -0.1) is 0 Å². The van der Waals surface area contributed by atoms with E-state index in [1.165, 1.54) is 10.8 Å². The van der Waals surface area contributed by atoms with E-state index in [9.17, 15) is 0 Å². The maximum Gasteiger partial charge on any atom is 0.276 e. The van der Waals surface area contributed by atoms with Crippen LogP contribution in [0.4, 0.5) is 0 Å². The van der Waals surface area contributed by atoms with Crippen molar-refractivity contribution < 1.29 is 4.43 Å². The zero-order valence-electron chi connectivity index (χ0n) is 14.9. The lowest BCUT2D eigenvalue weighted by atomic mass is 10.1. The molecule has 126 valence electrons. The summed E-state index contributed by atoms with van der Waals surface area (Å²) in [5.41, 5.74) is 2.42. The van der Waals surface area contributed by atoms with Gasteiger partial charge in [0.1, 0.15) is 5.76 Å². The van der Waals surface area contributed by atoms with Gasteiger partial charge in [-0.1, -0.05) is 91.0 Å². The van der Waals surface area contributed by atoms with Gasteiger partial charge < -0.3 is 4.43 Å². The van der Waals surface area contributed by atoms with Crippen LogP contribution in [0.3, 0.4) is 0 Å². The smallest absolute Gasteiger partial charge is 0.276 e. The van der Waals surface area contributed by atoms with Gasteiger partial charge in [0, 0.05) is 5.56 Å². The summed E-state index contributed by atoms with van der Waals surface area (Å²) < 4.78 is 6.63. The third-order valence-corrected chi connectivity index (χ3v) is 6.71. The third kappa shape index (κ3) is 4.71. The van der Waals surface area contributed by atoms with Crippen molar-refractivity contribution in [2.75, 3.05) is 0 Å². The van der Waals surface area contributed by atoms with Crippen LogP contribution in [0.1, 0.15) is 11.1 Å². The van der Waals surface area contributed by atoms with Gasteiger partial charge in [0.2, 0.25) is 0 Å². The molecular weight excluding hydrogens is 320 g/mol. The predicted octanol–water partition coefficient (Wildman–Crippen LogP) is 5.40. The molecule has 0 aliphatic heterocycles. The van der Waals surface area contributed by atoms with Crippen LogP contribution in [0, 0.1) is 0 Å². The monoisotopic (exact) mass is 344 g/mol. The van der Waals surface area contributed by atoms with Crippen molar-refractivity contribution in [3.05, 3.63) is 108 Å². The molecule has 0 saturated heterocycles. The van der Waals surface area contributed by atoms with Crippen LogP contribution in [-0.2, 0) is 10.8 Å². The summed E-state index contributed by atoms with van der Waals surface area (Å²) in [6.07, 6.45) is 3.08. The highest BCUT2D eigenvalue weighted by molar-refractivity contribution is 6.85. The highest BCUT2D eigenvalue weighted by Gasteiger charge is 2.28. The van der Waals surface area contributed by atoms with Crippen LogP contribution in [0.2, 0.25) is 13.1 Å². The van der Waals surface area contributed by atoms with Crippen molar-refractivity contribution in [3.8, 4) is 0 Å². The van der Waals surface area contributed by atoms with Crippen molar-refractivity contribution in [3.63, 3.8) is 0 Å². The lowest BCUT2D eigenvalue weighted by molar-refractivity contribution is 0.519. The number of allylic oxidation sites excluding steroid dienone is 1. The van der Waals surface area contributed by atoms with Gasteiger partial charge in [-0.3, -0.25) is 0 Å². The minimum absolute atomic E-state index is 0.865. The number of benzene rings is 3. The van der Waals surface area contributed by atoms with E-state index in [2.05, 4.69) is 98.0 Å². The van der Waals surface area contributed by atoms with Crippen LogP contribution in [0.5, 0.6) is 0 Å². The Labute approximate surface area is 151 Å². The van der Waals surface area contributed by atoms with Crippen LogP contribution in [0.15, 0.2) is 97.1 Å². The minimum Gasteiger partial charge on any atom is -0.539 e. The molecule has 0 saturated carbocycles. The molecule has 0 N–H and O–H groups in total. The van der Waals surface area contributed by atoms with Gasteiger partial charge in [0.15, 0.2) is 0 Å². The standard InChI is InChI=1S/C23H24OSi/c1-25(2,22-16-10-5-11-17-22)24-23(21-14-8-4-9-15-21)19-18-20-12-6-3-7-13-20/h3-17,19H,18H2,1-2H3/b23-19-. The van der Waals surface area contributed by atoms with Crippen molar-refractivity contribution in [2.45, 2.75) is 19.5 Å². The Bertz CT molecular complexity index is 808. The SMILES string of the molecule is C[Si](C)(O/C(=C\Cc1ccccc1)c1ccccc1)c1ccccc1. The number of hydrogen-bond acceptors (Lipinski definition) is 1. The van der Waals surface area contributed by atoms with Crippen molar-refractivity contribution in [2.24, 2.45) is 0 Å². The molecule has 0 atom stereocenters. The summed E-state index contributed by atoms with van der Waals surface area (Å²) in [6, 6.07) is 31.5. The summed E-state index contributed by atoms with van der Waals surface area (Å²) in [7, 11) is -2.03. The molecule has 0 aromatic heterocycles. The van der Waals surface area contributed by atoms with Gasteiger partial charge in [0.25, 0.3) is 8.32 Å². The molecule has 0 heterocycles.